The molecule has 0 spiro atoms. The Kier molecular flexibility index (Phi) is 2.91. The summed E-state index contributed by atoms with van der Waals surface area (Å²) in [5, 5.41) is 3.39. The van der Waals surface area contributed by atoms with Gasteiger partial charge >= 0.3 is 0 Å². The van der Waals surface area contributed by atoms with Gasteiger partial charge in [-0.05, 0) is 49.9 Å². The molecule has 1 aliphatic rings. The van der Waals surface area contributed by atoms with Gasteiger partial charge in [0.25, 0.3) is 0 Å². The second-order valence-corrected chi connectivity index (χ2v) is 4.30. The predicted octanol–water partition coefficient (Wildman–Crippen LogP) is 2.43. The Balaban J connectivity index is 2.10. The second kappa shape index (κ2) is 4.19. The van der Waals surface area contributed by atoms with E-state index in [9.17, 15) is 4.39 Å². The molecule has 0 unspecified atom stereocenters. The molecule has 1 fully saturated rings. The van der Waals surface area contributed by atoms with Crippen molar-refractivity contribution in [2.45, 2.75) is 38.3 Å². The van der Waals surface area contributed by atoms with Crippen LogP contribution in [0.1, 0.15) is 24.8 Å². The molecule has 82 valence electrons. The minimum Gasteiger partial charge on any atom is -0.381 e. The summed E-state index contributed by atoms with van der Waals surface area (Å²) in [7, 11) is 0. The second-order valence-electron chi connectivity index (χ2n) is 4.30. The van der Waals surface area contributed by atoms with Crippen molar-refractivity contribution in [3.8, 4) is 0 Å². The minimum atomic E-state index is -0.186. The number of aryl methyl sites for hydroxylation is 1. The molecule has 1 saturated carbocycles. The lowest BCUT2D eigenvalue weighted by Crippen LogP contribution is -2.35. The van der Waals surface area contributed by atoms with Gasteiger partial charge in [0.05, 0.1) is 0 Å². The number of nitrogens with one attached hydrogen (secondary N) is 1. The van der Waals surface area contributed by atoms with Crippen LogP contribution in [0.4, 0.5) is 10.1 Å². The lowest BCUT2D eigenvalue weighted by Gasteiger charge is -2.20. The van der Waals surface area contributed by atoms with Crippen LogP contribution in [0, 0.1) is 12.7 Å². The van der Waals surface area contributed by atoms with Crippen LogP contribution < -0.4 is 11.1 Å². The summed E-state index contributed by atoms with van der Waals surface area (Å²) in [4.78, 5) is 0. The number of hydrogen-bond acceptors (Lipinski definition) is 2. The lowest BCUT2D eigenvalue weighted by molar-refractivity contribution is 0.623. The minimum absolute atomic E-state index is 0.186. The molecule has 0 aliphatic heterocycles. The molecule has 0 aromatic heterocycles. The Labute approximate surface area is 89.7 Å². The average molecular weight is 208 g/mol. The van der Waals surface area contributed by atoms with Crippen molar-refractivity contribution < 1.29 is 4.39 Å². The van der Waals surface area contributed by atoms with Crippen molar-refractivity contribution >= 4 is 5.69 Å². The van der Waals surface area contributed by atoms with E-state index < -0.39 is 0 Å². The molecule has 2 atom stereocenters. The van der Waals surface area contributed by atoms with Gasteiger partial charge < -0.3 is 11.1 Å². The summed E-state index contributed by atoms with van der Waals surface area (Å²) in [5.74, 6) is -0.186. The van der Waals surface area contributed by atoms with Crippen LogP contribution in [-0.2, 0) is 0 Å². The van der Waals surface area contributed by atoms with E-state index >= 15 is 0 Å². The van der Waals surface area contributed by atoms with Crippen molar-refractivity contribution in [1.29, 1.82) is 0 Å². The van der Waals surface area contributed by atoms with Crippen LogP contribution in [0.2, 0.25) is 0 Å². The van der Waals surface area contributed by atoms with Gasteiger partial charge in [0.15, 0.2) is 0 Å². The fourth-order valence-electron chi connectivity index (χ4n) is 2.16. The zero-order chi connectivity index (χ0) is 10.8. The molecular formula is C12H17FN2. The fraction of sp³-hybridized carbons (Fsp3) is 0.500. The Morgan fingerprint density at radius 1 is 1.40 bits per heavy atom. The Bertz CT molecular complexity index is 351. The zero-order valence-electron chi connectivity index (χ0n) is 8.96. The van der Waals surface area contributed by atoms with Gasteiger partial charge in [-0.15, -0.1) is 0 Å². The predicted molar refractivity (Wildman–Crippen MR) is 60.4 cm³/mol. The van der Waals surface area contributed by atoms with Crippen molar-refractivity contribution in [2.24, 2.45) is 5.73 Å². The van der Waals surface area contributed by atoms with Crippen molar-refractivity contribution in [1.82, 2.24) is 0 Å². The van der Waals surface area contributed by atoms with E-state index in [-0.39, 0.29) is 11.9 Å². The van der Waals surface area contributed by atoms with E-state index in [4.69, 9.17) is 5.73 Å². The Morgan fingerprint density at radius 3 is 2.80 bits per heavy atom. The number of hydrogen-bond donors (Lipinski definition) is 2. The largest absolute Gasteiger partial charge is 0.381 e. The van der Waals surface area contributed by atoms with Gasteiger partial charge in [-0.1, -0.05) is 0 Å². The van der Waals surface area contributed by atoms with Gasteiger partial charge in [0.1, 0.15) is 5.82 Å². The highest BCUT2D eigenvalue weighted by Crippen LogP contribution is 2.23. The smallest absolute Gasteiger partial charge is 0.123 e. The monoisotopic (exact) mass is 208 g/mol. The SMILES string of the molecule is Cc1cc(F)ccc1N[C@H]1CCC[C@@H]1N. The highest BCUT2D eigenvalue weighted by Gasteiger charge is 2.23. The molecule has 3 heteroatoms. The third kappa shape index (κ3) is 2.29. The van der Waals surface area contributed by atoms with Crippen LogP contribution in [0.25, 0.3) is 0 Å². The number of benzene rings is 1. The van der Waals surface area contributed by atoms with Crippen LogP contribution >= 0.6 is 0 Å². The summed E-state index contributed by atoms with van der Waals surface area (Å²) in [6.45, 7) is 1.91. The molecule has 1 aromatic carbocycles. The number of nitrogens with two attached hydrogens (primary N) is 1. The van der Waals surface area contributed by atoms with Gasteiger partial charge in [-0.25, -0.2) is 4.39 Å². The topological polar surface area (TPSA) is 38.0 Å². The normalized spacial score (nSPS) is 25.5. The average Bonchev–Trinajstić information content (AvgIpc) is 2.57. The third-order valence-electron chi connectivity index (χ3n) is 3.10. The number of halogens is 1. The first-order valence-electron chi connectivity index (χ1n) is 5.45. The van der Waals surface area contributed by atoms with Gasteiger partial charge in [-0.3, -0.25) is 0 Å². The number of rotatable bonds is 2. The van der Waals surface area contributed by atoms with E-state index in [0.29, 0.717) is 6.04 Å². The molecule has 2 nitrogen and oxygen atoms in total. The first-order chi connectivity index (χ1) is 7.16. The summed E-state index contributed by atoms with van der Waals surface area (Å²) < 4.78 is 12.9. The lowest BCUT2D eigenvalue weighted by atomic mass is 10.1. The molecule has 0 radical (unpaired) electrons. The van der Waals surface area contributed by atoms with Crippen LogP contribution in [0.3, 0.4) is 0 Å². The highest BCUT2D eigenvalue weighted by molar-refractivity contribution is 5.51. The molecule has 0 saturated heterocycles. The van der Waals surface area contributed by atoms with Gasteiger partial charge in [0, 0.05) is 17.8 Å². The molecule has 15 heavy (non-hydrogen) atoms. The molecule has 1 aliphatic carbocycles. The first kappa shape index (κ1) is 10.4. The first-order valence-corrected chi connectivity index (χ1v) is 5.45. The summed E-state index contributed by atoms with van der Waals surface area (Å²) in [6, 6.07) is 5.39. The molecule has 3 N–H and O–H groups in total. The maximum absolute atomic E-state index is 12.9. The van der Waals surface area contributed by atoms with Gasteiger partial charge in [-0.2, -0.15) is 0 Å². The van der Waals surface area contributed by atoms with Crippen LogP contribution in [0.5, 0.6) is 0 Å². The fourth-order valence-corrected chi connectivity index (χ4v) is 2.16. The molecule has 0 amide bonds. The quantitative estimate of drug-likeness (QED) is 0.783. The standard InChI is InChI=1S/C12H17FN2/c1-8-7-9(13)5-6-11(8)15-12-4-2-3-10(12)14/h5-7,10,12,15H,2-4,14H2,1H3/t10-,12-/m0/s1. The maximum atomic E-state index is 12.9. The summed E-state index contributed by atoms with van der Waals surface area (Å²) in [5.41, 5.74) is 7.91. The summed E-state index contributed by atoms with van der Waals surface area (Å²) >= 11 is 0. The molecule has 2 rings (SSSR count). The molecular weight excluding hydrogens is 191 g/mol. The van der Waals surface area contributed by atoms with E-state index in [2.05, 4.69) is 5.32 Å². The third-order valence-corrected chi connectivity index (χ3v) is 3.10. The summed E-state index contributed by atoms with van der Waals surface area (Å²) in [6.07, 6.45) is 3.37. The highest BCUT2D eigenvalue weighted by atomic mass is 19.1. The van der Waals surface area contributed by atoms with Crippen molar-refractivity contribution in [2.75, 3.05) is 5.32 Å². The zero-order valence-corrected chi connectivity index (χ0v) is 8.96. The van der Waals surface area contributed by atoms with Crippen LogP contribution in [0.15, 0.2) is 18.2 Å². The van der Waals surface area contributed by atoms with Crippen molar-refractivity contribution in [3.05, 3.63) is 29.6 Å². The van der Waals surface area contributed by atoms with E-state index in [1.54, 1.807) is 12.1 Å². The van der Waals surface area contributed by atoms with Crippen molar-refractivity contribution in [3.63, 3.8) is 0 Å². The van der Waals surface area contributed by atoms with E-state index in [0.717, 1.165) is 24.1 Å². The van der Waals surface area contributed by atoms with Crippen LogP contribution in [-0.4, -0.2) is 12.1 Å². The molecule has 0 bridgehead atoms. The maximum Gasteiger partial charge on any atom is 0.123 e. The number of anilines is 1. The molecule has 1 aromatic rings. The Morgan fingerprint density at radius 2 is 2.20 bits per heavy atom. The van der Waals surface area contributed by atoms with Gasteiger partial charge in [0.2, 0.25) is 0 Å². The Hall–Kier alpha value is -1.09. The van der Waals surface area contributed by atoms with E-state index in [1.165, 1.54) is 12.5 Å². The van der Waals surface area contributed by atoms with E-state index in [1.807, 2.05) is 6.92 Å². The molecule has 0 heterocycles.